The second kappa shape index (κ2) is 5.37. The number of carboxylic acid groups (broad SMARTS) is 1. The van der Waals surface area contributed by atoms with Gasteiger partial charge in [-0.15, -0.1) is 0 Å². The maximum Gasteiger partial charge on any atom is 0.332 e. The number of aliphatic carboxylic acids is 1. The fraction of sp³-hybridized carbons (Fsp3) is 0.273. The minimum atomic E-state index is -1.18. The largest absolute Gasteiger partial charge is 0.485 e. The Morgan fingerprint density at radius 2 is 2.11 bits per heavy atom. The fourth-order valence-corrected chi connectivity index (χ4v) is 1.38. The third-order valence-electron chi connectivity index (χ3n) is 2.17. The molecular formula is C11H11NO6. The van der Waals surface area contributed by atoms with Crippen molar-refractivity contribution in [3.63, 3.8) is 0 Å². The van der Waals surface area contributed by atoms with Gasteiger partial charge < -0.3 is 14.6 Å². The first-order valence-electron chi connectivity index (χ1n) is 5.19. The molecule has 1 aromatic rings. The Balaban J connectivity index is 1.88. The molecule has 7 heteroatoms. The number of amides is 1. The third-order valence-corrected chi connectivity index (χ3v) is 2.17. The summed E-state index contributed by atoms with van der Waals surface area (Å²) in [6.07, 6.45) is -0.867. The predicted molar refractivity (Wildman–Crippen MR) is 58.1 cm³/mol. The summed E-state index contributed by atoms with van der Waals surface area (Å²) in [5, 5.41) is 8.33. The molecule has 0 radical (unpaired) electrons. The molecule has 1 atom stereocenters. The predicted octanol–water partition coefficient (Wildman–Crippen LogP) is -0.0412. The molecule has 2 N–H and O–H groups in total. The smallest absolute Gasteiger partial charge is 0.332 e. The summed E-state index contributed by atoms with van der Waals surface area (Å²) in [5.74, 6) is -0.748. The van der Waals surface area contributed by atoms with Gasteiger partial charge in [-0.05, 0) is 12.1 Å². The Morgan fingerprint density at radius 1 is 1.39 bits per heavy atom. The van der Waals surface area contributed by atoms with Gasteiger partial charge in [0.25, 0.3) is 5.91 Å². The minimum Gasteiger partial charge on any atom is -0.485 e. The van der Waals surface area contributed by atoms with Gasteiger partial charge in [0, 0.05) is 0 Å². The van der Waals surface area contributed by atoms with Crippen LogP contribution in [0.25, 0.3) is 0 Å². The van der Waals surface area contributed by atoms with Crippen molar-refractivity contribution in [2.24, 2.45) is 0 Å². The molecule has 1 unspecified atom stereocenters. The number of hydrogen-bond donors (Lipinski definition) is 2. The first-order chi connectivity index (χ1) is 8.66. The molecule has 96 valence electrons. The summed E-state index contributed by atoms with van der Waals surface area (Å²) in [7, 11) is 0. The zero-order valence-corrected chi connectivity index (χ0v) is 9.29. The highest BCUT2D eigenvalue weighted by atomic mass is 16.7. The van der Waals surface area contributed by atoms with E-state index in [1.807, 2.05) is 5.48 Å². The molecule has 1 aliphatic rings. The van der Waals surface area contributed by atoms with Crippen LogP contribution >= 0.6 is 0 Å². The summed E-state index contributed by atoms with van der Waals surface area (Å²) in [6, 6.07) is 6.94. The van der Waals surface area contributed by atoms with Crippen molar-refractivity contribution in [1.82, 2.24) is 5.48 Å². The lowest BCUT2D eigenvalue weighted by atomic mass is 10.2. The van der Waals surface area contributed by atoms with Gasteiger partial charge in [-0.25, -0.2) is 10.3 Å². The molecule has 7 nitrogen and oxygen atoms in total. The molecule has 2 rings (SSSR count). The lowest BCUT2D eigenvalue weighted by Gasteiger charge is -2.25. The van der Waals surface area contributed by atoms with E-state index in [0.29, 0.717) is 11.5 Å². The maximum atomic E-state index is 11.6. The van der Waals surface area contributed by atoms with Crippen LogP contribution in [-0.2, 0) is 14.4 Å². The number of nitrogens with one attached hydrogen (secondary N) is 1. The summed E-state index contributed by atoms with van der Waals surface area (Å²) in [6.45, 7) is -0.574. The molecule has 1 heterocycles. The van der Waals surface area contributed by atoms with Gasteiger partial charge in [0.1, 0.15) is 6.61 Å². The Kier molecular flexibility index (Phi) is 3.63. The van der Waals surface area contributed by atoms with Gasteiger partial charge >= 0.3 is 5.97 Å². The van der Waals surface area contributed by atoms with Gasteiger partial charge in [0.05, 0.1) is 0 Å². The number of hydrogen-bond acceptors (Lipinski definition) is 5. The average molecular weight is 253 g/mol. The minimum absolute atomic E-state index is 0.0410. The zero-order valence-electron chi connectivity index (χ0n) is 9.29. The highest BCUT2D eigenvalue weighted by Gasteiger charge is 2.27. The monoisotopic (exact) mass is 253 g/mol. The lowest BCUT2D eigenvalue weighted by molar-refractivity contribution is -0.153. The number of rotatable bonds is 4. The van der Waals surface area contributed by atoms with E-state index in [9.17, 15) is 9.59 Å². The van der Waals surface area contributed by atoms with Crippen LogP contribution in [-0.4, -0.2) is 36.3 Å². The van der Waals surface area contributed by atoms with Crippen molar-refractivity contribution in [2.45, 2.75) is 6.10 Å². The van der Waals surface area contributed by atoms with Crippen LogP contribution in [0.2, 0.25) is 0 Å². The number of hydroxylamine groups is 1. The summed E-state index contributed by atoms with van der Waals surface area (Å²) in [4.78, 5) is 26.2. The van der Waals surface area contributed by atoms with E-state index in [2.05, 4.69) is 4.84 Å². The molecule has 0 saturated heterocycles. The van der Waals surface area contributed by atoms with Gasteiger partial charge in [0.15, 0.2) is 18.1 Å². The molecular weight excluding hydrogens is 242 g/mol. The van der Waals surface area contributed by atoms with E-state index in [4.69, 9.17) is 14.6 Å². The topological polar surface area (TPSA) is 94.1 Å². The van der Waals surface area contributed by atoms with Crippen LogP contribution in [0.5, 0.6) is 11.5 Å². The SMILES string of the molecule is O=C(O)CONC(=O)C1COc2ccccc2O1. The van der Waals surface area contributed by atoms with Crippen LogP contribution < -0.4 is 15.0 Å². The van der Waals surface area contributed by atoms with Crippen LogP contribution in [0.4, 0.5) is 0 Å². The normalized spacial score (nSPS) is 17.0. The van der Waals surface area contributed by atoms with Crippen LogP contribution in [0.1, 0.15) is 0 Å². The summed E-state index contributed by atoms with van der Waals surface area (Å²) < 4.78 is 10.7. The Bertz CT molecular complexity index is 461. The maximum absolute atomic E-state index is 11.6. The molecule has 1 aromatic carbocycles. The molecule has 0 bridgehead atoms. The van der Waals surface area contributed by atoms with Gasteiger partial charge in [-0.1, -0.05) is 12.1 Å². The van der Waals surface area contributed by atoms with Crippen molar-refractivity contribution in [2.75, 3.05) is 13.2 Å². The van der Waals surface area contributed by atoms with Gasteiger partial charge in [-0.3, -0.25) is 9.63 Å². The van der Waals surface area contributed by atoms with Crippen molar-refractivity contribution in [3.8, 4) is 11.5 Å². The fourth-order valence-electron chi connectivity index (χ4n) is 1.38. The standard InChI is InChI=1S/C11H11NO6/c13-10(14)6-17-12-11(15)9-5-16-7-3-1-2-4-8(7)18-9/h1-4,9H,5-6H2,(H,12,15)(H,13,14). The molecule has 18 heavy (non-hydrogen) atoms. The highest BCUT2D eigenvalue weighted by Crippen LogP contribution is 2.30. The zero-order chi connectivity index (χ0) is 13.0. The van der Waals surface area contributed by atoms with Gasteiger partial charge in [0.2, 0.25) is 6.10 Å². The molecule has 0 fully saturated rings. The molecule has 1 aliphatic heterocycles. The lowest BCUT2D eigenvalue weighted by Crippen LogP contribution is -2.44. The highest BCUT2D eigenvalue weighted by molar-refractivity contribution is 5.81. The second-order valence-electron chi connectivity index (χ2n) is 3.51. The molecule has 0 spiro atoms. The van der Waals surface area contributed by atoms with Crippen LogP contribution in [0.15, 0.2) is 24.3 Å². The average Bonchev–Trinajstić information content (AvgIpc) is 2.37. The number of carbonyl (C=O) groups excluding carboxylic acids is 1. The molecule has 1 amide bonds. The van der Waals surface area contributed by atoms with Crippen molar-refractivity contribution in [3.05, 3.63) is 24.3 Å². The van der Waals surface area contributed by atoms with E-state index < -0.39 is 24.6 Å². The van der Waals surface area contributed by atoms with Crippen molar-refractivity contribution < 1.29 is 29.0 Å². The van der Waals surface area contributed by atoms with E-state index in [0.717, 1.165) is 0 Å². The molecule has 0 aliphatic carbocycles. The van der Waals surface area contributed by atoms with Crippen molar-refractivity contribution >= 4 is 11.9 Å². The number of ether oxygens (including phenoxy) is 2. The Labute approximate surface area is 102 Å². The first kappa shape index (κ1) is 12.2. The van der Waals surface area contributed by atoms with Crippen molar-refractivity contribution in [1.29, 1.82) is 0 Å². The van der Waals surface area contributed by atoms with Crippen LogP contribution in [0.3, 0.4) is 0 Å². The van der Waals surface area contributed by atoms with Crippen LogP contribution in [0, 0.1) is 0 Å². The number of para-hydroxylation sites is 2. The Morgan fingerprint density at radius 3 is 2.83 bits per heavy atom. The van der Waals surface area contributed by atoms with E-state index in [-0.39, 0.29) is 6.61 Å². The third kappa shape index (κ3) is 2.89. The van der Waals surface area contributed by atoms with Gasteiger partial charge in [-0.2, -0.15) is 0 Å². The number of fused-ring (bicyclic) bond motifs is 1. The van der Waals surface area contributed by atoms with E-state index in [1.54, 1.807) is 24.3 Å². The second-order valence-corrected chi connectivity index (χ2v) is 3.51. The first-order valence-corrected chi connectivity index (χ1v) is 5.19. The number of carboxylic acids is 1. The summed E-state index contributed by atoms with van der Waals surface area (Å²) >= 11 is 0. The number of benzene rings is 1. The molecule has 0 saturated carbocycles. The molecule has 0 aromatic heterocycles. The van der Waals surface area contributed by atoms with E-state index in [1.165, 1.54) is 0 Å². The Hall–Kier alpha value is -2.28. The quantitative estimate of drug-likeness (QED) is 0.731. The van der Waals surface area contributed by atoms with E-state index >= 15 is 0 Å². The summed E-state index contributed by atoms with van der Waals surface area (Å²) in [5.41, 5.74) is 1.99. The number of carbonyl (C=O) groups is 2.